The number of hydrogen-bond acceptors (Lipinski definition) is 7. The van der Waals surface area contributed by atoms with E-state index in [-0.39, 0.29) is 34.1 Å². The Bertz CT molecular complexity index is 1170. The van der Waals surface area contributed by atoms with Crippen LogP contribution in [0.25, 0.3) is 6.08 Å². The van der Waals surface area contributed by atoms with E-state index in [1.54, 1.807) is 12.2 Å². The van der Waals surface area contributed by atoms with Crippen molar-refractivity contribution in [2.45, 2.75) is 51.9 Å². The van der Waals surface area contributed by atoms with E-state index in [1.807, 2.05) is 33.8 Å². The quantitative estimate of drug-likeness (QED) is 0.531. The highest BCUT2D eigenvalue weighted by Crippen LogP contribution is 2.52. The van der Waals surface area contributed by atoms with E-state index in [0.29, 0.717) is 23.3 Å². The molecule has 0 amide bonds. The molecule has 0 bridgehead atoms. The maximum atomic E-state index is 13.2. The van der Waals surface area contributed by atoms with Gasteiger partial charge in [0.05, 0.1) is 5.56 Å². The minimum Gasteiger partial charge on any atom is -0.508 e. The first-order valence-electron chi connectivity index (χ1n) is 10.3. The Morgan fingerprint density at radius 1 is 1.16 bits per heavy atom. The maximum absolute atomic E-state index is 13.2. The molecule has 2 aliphatic heterocycles. The van der Waals surface area contributed by atoms with Gasteiger partial charge in [0.2, 0.25) is 5.78 Å². The number of phenols is 3. The van der Waals surface area contributed by atoms with Gasteiger partial charge in [0.1, 0.15) is 39.9 Å². The average Bonchev–Trinajstić information content (AvgIpc) is 2.69. The summed E-state index contributed by atoms with van der Waals surface area (Å²) in [7, 11) is 0. The largest absolute Gasteiger partial charge is 0.508 e. The number of aliphatic hydroxyl groups excluding tert-OH is 1. The first-order chi connectivity index (χ1) is 15.0. The second-order valence-electron chi connectivity index (χ2n) is 8.89. The topological polar surface area (TPSA) is 116 Å². The third-order valence-electron chi connectivity index (χ3n) is 5.61. The monoisotopic (exact) mass is 438 g/mol. The number of rotatable bonds is 3. The molecule has 0 saturated heterocycles. The molecule has 0 fully saturated rings. The summed E-state index contributed by atoms with van der Waals surface area (Å²) >= 11 is 0. The Hall–Kier alpha value is -3.45. The van der Waals surface area contributed by atoms with Crippen LogP contribution in [0.15, 0.2) is 35.9 Å². The molecule has 7 nitrogen and oxygen atoms in total. The highest BCUT2D eigenvalue weighted by Gasteiger charge is 2.43. The van der Waals surface area contributed by atoms with Gasteiger partial charge in [-0.1, -0.05) is 11.6 Å². The van der Waals surface area contributed by atoms with Crippen LogP contribution in [0.5, 0.6) is 28.7 Å². The fourth-order valence-corrected chi connectivity index (χ4v) is 3.95. The van der Waals surface area contributed by atoms with Crippen molar-refractivity contribution < 1.29 is 34.7 Å². The zero-order chi connectivity index (χ0) is 23.4. The van der Waals surface area contributed by atoms with E-state index in [9.17, 15) is 25.2 Å². The number of aromatic hydroxyl groups is 3. The fraction of sp³-hybridized carbons (Fsp3) is 0.320. The molecule has 2 heterocycles. The number of Topliss-reactive ketones (excluding diaryl/α,β-unsaturated/α-hetero) is 1. The summed E-state index contributed by atoms with van der Waals surface area (Å²) < 4.78 is 12.3. The first-order valence-corrected chi connectivity index (χ1v) is 10.3. The van der Waals surface area contributed by atoms with Crippen LogP contribution in [-0.2, 0) is 6.42 Å². The number of carbonyl (C=O) groups excluding carboxylic acids is 1. The van der Waals surface area contributed by atoms with Gasteiger partial charge in [-0.3, -0.25) is 4.79 Å². The van der Waals surface area contributed by atoms with E-state index in [4.69, 9.17) is 9.47 Å². The SMILES string of the molecule is CC(C)=CCc1c2c(c(O)c3c1O[C@H](c1ccc(O)cc1O)[C@@H](O)C3=O)C=CC(C)(C)O2. The van der Waals surface area contributed by atoms with Crippen molar-refractivity contribution in [2.24, 2.45) is 0 Å². The number of benzene rings is 2. The number of ether oxygens (including phenoxy) is 2. The smallest absolute Gasteiger partial charge is 0.202 e. The number of ketones is 1. The molecule has 0 aromatic heterocycles. The van der Waals surface area contributed by atoms with Gasteiger partial charge >= 0.3 is 0 Å². The summed E-state index contributed by atoms with van der Waals surface area (Å²) in [5.41, 5.74) is 1.35. The van der Waals surface area contributed by atoms with Crippen molar-refractivity contribution in [2.75, 3.05) is 0 Å². The minimum absolute atomic E-state index is 0.109. The molecule has 2 atom stereocenters. The predicted octanol–water partition coefficient (Wildman–Crippen LogP) is 4.17. The van der Waals surface area contributed by atoms with Crippen LogP contribution in [-0.4, -0.2) is 37.9 Å². The summed E-state index contributed by atoms with van der Waals surface area (Å²) in [6.07, 6.45) is 2.92. The summed E-state index contributed by atoms with van der Waals surface area (Å²) in [4.78, 5) is 13.2. The van der Waals surface area contributed by atoms with Crippen LogP contribution in [0.4, 0.5) is 0 Å². The molecule has 2 aliphatic rings. The number of aliphatic hydroxyl groups is 1. The van der Waals surface area contributed by atoms with Gasteiger partial charge in [-0.25, -0.2) is 0 Å². The van der Waals surface area contributed by atoms with E-state index >= 15 is 0 Å². The molecule has 2 aromatic rings. The van der Waals surface area contributed by atoms with Gasteiger partial charge in [-0.05, 0) is 58.4 Å². The Balaban J connectivity index is 1.95. The third-order valence-corrected chi connectivity index (χ3v) is 5.61. The van der Waals surface area contributed by atoms with Gasteiger partial charge in [0.25, 0.3) is 0 Å². The van der Waals surface area contributed by atoms with Crippen molar-refractivity contribution in [3.8, 4) is 28.7 Å². The number of fused-ring (bicyclic) bond motifs is 2. The van der Waals surface area contributed by atoms with Crippen molar-refractivity contribution in [1.29, 1.82) is 0 Å². The molecule has 168 valence electrons. The van der Waals surface area contributed by atoms with E-state index < -0.39 is 23.6 Å². The standard InChI is InChI=1S/C25H26O7/c1-12(2)5-7-16-22-15(9-10-25(3,4)32-22)19(28)18-20(29)21(30)24(31-23(16)18)14-8-6-13(26)11-17(14)27/h5-6,8-11,21,24,26-28,30H,7H2,1-4H3/t21-,24+/m0/s1. The van der Waals surface area contributed by atoms with Crippen LogP contribution in [0, 0.1) is 0 Å². The first kappa shape index (κ1) is 21.8. The molecule has 32 heavy (non-hydrogen) atoms. The molecule has 0 aliphatic carbocycles. The zero-order valence-electron chi connectivity index (χ0n) is 18.3. The summed E-state index contributed by atoms with van der Waals surface area (Å²) in [5, 5.41) is 41.6. The molecular formula is C25H26O7. The van der Waals surface area contributed by atoms with Crippen molar-refractivity contribution in [3.63, 3.8) is 0 Å². The maximum Gasteiger partial charge on any atom is 0.202 e. The highest BCUT2D eigenvalue weighted by molar-refractivity contribution is 6.07. The van der Waals surface area contributed by atoms with Crippen LogP contribution in [0.2, 0.25) is 0 Å². The van der Waals surface area contributed by atoms with Gasteiger partial charge < -0.3 is 29.9 Å². The predicted molar refractivity (Wildman–Crippen MR) is 118 cm³/mol. The Labute approximate surface area is 185 Å². The zero-order valence-corrected chi connectivity index (χ0v) is 18.3. The van der Waals surface area contributed by atoms with Crippen molar-refractivity contribution in [1.82, 2.24) is 0 Å². The van der Waals surface area contributed by atoms with Gasteiger partial charge in [0, 0.05) is 17.2 Å². The Kier molecular flexibility index (Phi) is 5.17. The molecule has 7 heteroatoms. The fourth-order valence-electron chi connectivity index (χ4n) is 3.95. The summed E-state index contributed by atoms with van der Waals surface area (Å²) in [6.45, 7) is 7.63. The molecule has 0 radical (unpaired) electrons. The van der Waals surface area contributed by atoms with E-state index in [1.165, 1.54) is 12.1 Å². The lowest BCUT2D eigenvalue weighted by Gasteiger charge is -2.36. The van der Waals surface area contributed by atoms with Crippen molar-refractivity contribution in [3.05, 3.63) is 58.2 Å². The minimum atomic E-state index is -1.66. The third kappa shape index (κ3) is 3.58. The summed E-state index contributed by atoms with van der Waals surface area (Å²) in [6, 6.07) is 3.82. The van der Waals surface area contributed by atoms with Crippen LogP contribution in [0.3, 0.4) is 0 Å². The summed E-state index contributed by atoms with van der Waals surface area (Å²) in [5.74, 6) is -1.01. The van der Waals surface area contributed by atoms with Crippen LogP contribution >= 0.6 is 0 Å². The number of allylic oxidation sites excluding steroid dienone is 2. The molecule has 0 saturated carbocycles. The van der Waals surface area contributed by atoms with Crippen LogP contribution < -0.4 is 9.47 Å². The second-order valence-corrected chi connectivity index (χ2v) is 8.89. The number of carbonyl (C=O) groups is 1. The Morgan fingerprint density at radius 2 is 1.88 bits per heavy atom. The van der Waals surface area contributed by atoms with Crippen LogP contribution in [0.1, 0.15) is 60.8 Å². The van der Waals surface area contributed by atoms with Gasteiger partial charge in [-0.15, -0.1) is 0 Å². The van der Waals surface area contributed by atoms with Gasteiger partial charge in [-0.2, -0.15) is 0 Å². The lowest BCUT2D eigenvalue weighted by atomic mass is 9.86. The van der Waals surface area contributed by atoms with Gasteiger partial charge in [0.15, 0.2) is 12.2 Å². The van der Waals surface area contributed by atoms with E-state index in [0.717, 1.165) is 11.6 Å². The average molecular weight is 438 g/mol. The number of hydrogen-bond donors (Lipinski definition) is 4. The lowest BCUT2D eigenvalue weighted by molar-refractivity contribution is 0.0196. The van der Waals surface area contributed by atoms with Crippen molar-refractivity contribution >= 4 is 11.9 Å². The second kappa shape index (κ2) is 7.60. The lowest BCUT2D eigenvalue weighted by Crippen LogP contribution is -2.37. The molecule has 4 rings (SSSR count). The number of phenolic OH excluding ortho intramolecular Hbond substituents is 3. The molecule has 0 spiro atoms. The Morgan fingerprint density at radius 3 is 2.53 bits per heavy atom. The molecular weight excluding hydrogens is 412 g/mol. The molecule has 2 aromatic carbocycles. The molecule has 0 unspecified atom stereocenters. The highest BCUT2D eigenvalue weighted by atomic mass is 16.5. The normalized spacial score (nSPS) is 20.6. The molecule has 4 N–H and O–H groups in total. The van der Waals surface area contributed by atoms with E-state index in [2.05, 4.69) is 0 Å².